The highest BCUT2D eigenvalue weighted by Crippen LogP contribution is 2.29. The minimum absolute atomic E-state index is 0.328. The fourth-order valence-electron chi connectivity index (χ4n) is 2.27. The van der Waals surface area contributed by atoms with Gasteiger partial charge in [0.05, 0.1) is 6.04 Å². The molecule has 0 radical (unpaired) electrons. The molecule has 0 bridgehead atoms. The molecule has 2 heteroatoms. The van der Waals surface area contributed by atoms with E-state index in [9.17, 15) is 0 Å². The first-order chi connectivity index (χ1) is 9.15. The Bertz CT molecular complexity index is 542. The summed E-state index contributed by atoms with van der Waals surface area (Å²) in [5.41, 5.74) is 4.10. The molecule has 1 aromatic carbocycles. The first kappa shape index (κ1) is 14.3. The summed E-state index contributed by atoms with van der Waals surface area (Å²) >= 11 is 1.92. The van der Waals surface area contributed by atoms with Crippen molar-refractivity contribution in [2.45, 2.75) is 40.2 Å². The van der Waals surface area contributed by atoms with Crippen molar-refractivity contribution in [1.29, 1.82) is 0 Å². The Labute approximate surface area is 120 Å². The molecule has 0 amide bonds. The maximum Gasteiger partial charge on any atom is 0.0671 e. The first-order valence-corrected chi connectivity index (χ1v) is 7.86. The van der Waals surface area contributed by atoms with Gasteiger partial charge in [0.1, 0.15) is 0 Å². The van der Waals surface area contributed by atoms with E-state index in [0.29, 0.717) is 6.04 Å². The Morgan fingerprint density at radius 1 is 1.05 bits per heavy atom. The molecule has 0 fully saturated rings. The van der Waals surface area contributed by atoms with Crippen LogP contribution in [0, 0.1) is 13.8 Å². The second kappa shape index (κ2) is 6.36. The van der Waals surface area contributed by atoms with Crippen molar-refractivity contribution in [1.82, 2.24) is 5.32 Å². The molecule has 0 saturated heterocycles. The maximum atomic E-state index is 3.61. The smallest absolute Gasteiger partial charge is 0.0671 e. The van der Waals surface area contributed by atoms with Crippen LogP contribution in [-0.2, 0) is 6.42 Å². The van der Waals surface area contributed by atoms with Gasteiger partial charge in [-0.1, -0.05) is 32.0 Å². The Balaban J connectivity index is 2.35. The molecular formula is C17H23NS. The highest BCUT2D eigenvalue weighted by atomic mass is 32.1. The third-order valence-corrected chi connectivity index (χ3v) is 4.88. The molecular weight excluding hydrogens is 250 g/mol. The van der Waals surface area contributed by atoms with Crippen molar-refractivity contribution in [2.75, 3.05) is 6.54 Å². The highest BCUT2D eigenvalue weighted by Gasteiger charge is 2.15. The van der Waals surface area contributed by atoms with Crippen LogP contribution in [0.5, 0.6) is 0 Å². The number of benzene rings is 1. The van der Waals surface area contributed by atoms with E-state index in [1.807, 2.05) is 11.3 Å². The predicted molar refractivity (Wildman–Crippen MR) is 85.1 cm³/mol. The summed E-state index contributed by atoms with van der Waals surface area (Å²) in [6.45, 7) is 9.72. The molecule has 0 aliphatic rings. The lowest BCUT2D eigenvalue weighted by atomic mass is 10.00. The number of hydrogen-bond donors (Lipinski definition) is 1. The first-order valence-electron chi connectivity index (χ1n) is 7.04. The number of nitrogens with one attached hydrogen (secondary N) is 1. The molecule has 102 valence electrons. The van der Waals surface area contributed by atoms with Crippen LogP contribution in [0.4, 0.5) is 0 Å². The van der Waals surface area contributed by atoms with Gasteiger partial charge in [0.15, 0.2) is 0 Å². The van der Waals surface area contributed by atoms with Gasteiger partial charge in [-0.25, -0.2) is 0 Å². The summed E-state index contributed by atoms with van der Waals surface area (Å²) in [4.78, 5) is 2.88. The fourth-order valence-corrected chi connectivity index (χ4v) is 3.33. The molecule has 1 unspecified atom stereocenters. The van der Waals surface area contributed by atoms with Crippen molar-refractivity contribution >= 4 is 11.3 Å². The average Bonchev–Trinajstić information content (AvgIpc) is 2.88. The van der Waals surface area contributed by atoms with E-state index in [2.05, 4.69) is 63.3 Å². The van der Waals surface area contributed by atoms with Gasteiger partial charge in [0.25, 0.3) is 0 Å². The molecule has 0 saturated carbocycles. The van der Waals surface area contributed by atoms with Gasteiger partial charge >= 0.3 is 0 Å². The van der Waals surface area contributed by atoms with Crippen LogP contribution in [0.25, 0.3) is 0 Å². The van der Waals surface area contributed by atoms with E-state index in [1.54, 1.807) is 0 Å². The summed E-state index contributed by atoms with van der Waals surface area (Å²) in [5.74, 6) is 0. The molecule has 0 spiro atoms. The summed E-state index contributed by atoms with van der Waals surface area (Å²) in [6, 6.07) is 11.6. The standard InChI is InChI=1S/C17H23NS/c1-5-15-9-10-16(19-15)17(18-6-2)14-8-7-12(3)13(4)11-14/h7-11,17-18H,5-6H2,1-4H3. The zero-order chi connectivity index (χ0) is 13.8. The molecule has 19 heavy (non-hydrogen) atoms. The van der Waals surface area contributed by atoms with Crippen LogP contribution in [0.3, 0.4) is 0 Å². The zero-order valence-corrected chi connectivity index (χ0v) is 13.1. The Kier molecular flexibility index (Phi) is 4.78. The largest absolute Gasteiger partial charge is 0.306 e. The quantitative estimate of drug-likeness (QED) is 0.837. The van der Waals surface area contributed by atoms with E-state index >= 15 is 0 Å². The molecule has 1 N–H and O–H groups in total. The second-order valence-corrected chi connectivity index (χ2v) is 6.19. The number of aryl methyl sites for hydroxylation is 3. The van der Waals surface area contributed by atoms with Crippen LogP contribution >= 0.6 is 11.3 Å². The molecule has 1 atom stereocenters. The molecule has 1 nitrogen and oxygen atoms in total. The lowest BCUT2D eigenvalue weighted by molar-refractivity contribution is 0.639. The van der Waals surface area contributed by atoms with Gasteiger partial charge in [-0.15, -0.1) is 11.3 Å². The van der Waals surface area contributed by atoms with Crippen LogP contribution < -0.4 is 5.32 Å². The predicted octanol–water partition coefficient (Wildman–Crippen LogP) is 4.63. The highest BCUT2D eigenvalue weighted by molar-refractivity contribution is 7.12. The molecule has 1 heterocycles. The van der Waals surface area contributed by atoms with Crippen LogP contribution in [0.1, 0.15) is 46.3 Å². The Hall–Kier alpha value is -1.12. The van der Waals surface area contributed by atoms with Crippen molar-refractivity contribution < 1.29 is 0 Å². The summed E-state index contributed by atoms with van der Waals surface area (Å²) in [7, 11) is 0. The maximum absolute atomic E-state index is 3.61. The van der Waals surface area contributed by atoms with E-state index in [0.717, 1.165) is 13.0 Å². The zero-order valence-electron chi connectivity index (χ0n) is 12.3. The van der Waals surface area contributed by atoms with Crippen molar-refractivity contribution in [3.63, 3.8) is 0 Å². The minimum Gasteiger partial charge on any atom is -0.306 e. The van der Waals surface area contributed by atoms with Gasteiger partial charge in [-0.05, 0) is 55.6 Å². The van der Waals surface area contributed by atoms with Crippen molar-refractivity contribution in [3.05, 3.63) is 56.8 Å². The van der Waals surface area contributed by atoms with Gasteiger partial charge in [0.2, 0.25) is 0 Å². The third-order valence-electron chi connectivity index (χ3n) is 3.59. The van der Waals surface area contributed by atoms with Gasteiger partial charge in [0, 0.05) is 9.75 Å². The van der Waals surface area contributed by atoms with E-state index < -0.39 is 0 Å². The topological polar surface area (TPSA) is 12.0 Å². The molecule has 1 aromatic heterocycles. The Morgan fingerprint density at radius 2 is 1.84 bits per heavy atom. The van der Waals surface area contributed by atoms with Crippen molar-refractivity contribution in [3.8, 4) is 0 Å². The third kappa shape index (κ3) is 3.26. The van der Waals surface area contributed by atoms with Crippen LogP contribution in [-0.4, -0.2) is 6.54 Å². The lowest BCUT2D eigenvalue weighted by Crippen LogP contribution is -2.21. The average molecular weight is 273 g/mol. The normalized spacial score (nSPS) is 12.6. The van der Waals surface area contributed by atoms with Crippen molar-refractivity contribution in [2.24, 2.45) is 0 Å². The molecule has 0 aliphatic carbocycles. The van der Waals surface area contributed by atoms with E-state index in [-0.39, 0.29) is 0 Å². The summed E-state index contributed by atoms with van der Waals surface area (Å²) in [5, 5.41) is 3.61. The second-order valence-electron chi connectivity index (χ2n) is 4.99. The van der Waals surface area contributed by atoms with Gasteiger partial charge < -0.3 is 5.32 Å². The Morgan fingerprint density at radius 3 is 2.42 bits per heavy atom. The minimum atomic E-state index is 0.328. The molecule has 0 aliphatic heterocycles. The molecule has 2 aromatic rings. The fraction of sp³-hybridized carbons (Fsp3) is 0.412. The van der Waals surface area contributed by atoms with Crippen LogP contribution in [0.15, 0.2) is 30.3 Å². The summed E-state index contributed by atoms with van der Waals surface area (Å²) < 4.78 is 0. The number of rotatable bonds is 5. The number of thiophene rings is 1. The van der Waals surface area contributed by atoms with Crippen LogP contribution in [0.2, 0.25) is 0 Å². The number of hydrogen-bond acceptors (Lipinski definition) is 2. The molecule has 2 rings (SSSR count). The monoisotopic (exact) mass is 273 g/mol. The SMILES string of the molecule is CCNC(c1ccc(C)c(C)c1)c1ccc(CC)s1. The van der Waals surface area contributed by atoms with Gasteiger partial charge in [-0.3, -0.25) is 0 Å². The van der Waals surface area contributed by atoms with E-state index in [4.69, 9.17) is 0 Å². The lowest BCUT2D eigenvalue weighted by Gasteiger charge is -2.18. The van der Waals surface area contributed by atoms with E-state index in [1.165, 1.54) is 26.4 Å². The van der Waals surface area contributed by atoms with Gasteiger partial charge in [-0.2, -0.15) is 0 Å². The summed E-state index contributed by atoms with van der Waals surface area (Å²) in [6.07, 6.45) is 1.12.